The summed E-state index contributed by atoms with van der Waals surface area (Å²) < 4.78 is 5.61. The Labute approximate surface area is 91.4 Å². The van der Waals surface area contributed by atoms with E-state index in [1.165, 1.54) is 19.3 Å². The SMILES string of the molecule is CCNC(=NCCC1CCCCO1)NN. The van der Waals surface area contributed by atoms with Crippen LogP contribution in [0.3, 0.4) is 0 Å². The predicted octanol–water partition coefficient (Wildman–Crippen LogP) is 0.374. The Kier molecular flexibility index (Phi) is 6.11. The Balaban J connectivity index is 2.17. The fourth-order valence-corrected chi connectivity index (χ4v) is 1.68. The Bertz CT molecular complexity index is 190. The molecular formula is C10H22N4O. The second-order valence-corrected chi connectivity index (χ2v) is 3.68. The lowest BCUT2D eigenvalue weighted by Gasteiger charge is -2.21. The van der Waals surface area contributed by atoms with Crippen molar-refractivity contribution in [2.24, 2.45) is 10.8 Å². The molecule has 1 aliphatic heterocycles. The third-order valence-electron chi connectivity index (χ3n) is 2.48. The minimum Gasteiger partial charge on any atom is -0.378 e. The van der Waals surface area contributed by atoms with Crippen molar-refractivity contribution in [1.29, 1.82) is 0 Å². The van der Waals surface area contributed by atoms with Crippen molar-refractivity contribution < 1.29 is 4.74 Å². The molecule has 4 N–H and O–H groups in total. The molecule has 1 rings (SSSR count). The van der Waals surface area contributed by atoms with Crippen LogP contribution in [0.1, 0.15) is 32.6 Å². The van der Waals surface area contributed by atoms with Crippen LogP contribution in [-0.4, -0.2) is 31.8 Å². The molecular weight excluding hydrogens is 192 g/mol. The van der Waals surface area contributed by atoms with E-state index in [0.29, 0.717) is 12.1 Å². The lowest BCUT2D eigenvalue weighted by Crippen LogP contribution is -2.41. The lowest BCUT2D eigenvalue weighted by molar-refractivity contribution is 0.0129. The molecule has 1 unspecified atom stereocenters. The number of hydrogen-bond donors (Lipinski definition) is 3. The summed E-state index contributed by atoms with van der Waals surface area (Å²) in [7, 11) is 0. The van der Waals surface area contributed by atoms with Crippen LogP contribution in [0.15, 0.2) is 4.99 Å². The first kappa shape index (κ1) is 12.3. The molecule has 0 aromatic rings. The van der Waals surface area contributed by atoms with Crippen LogP contribution in [0.4, 0.5) is 0 Å². The van der Waals surface area contributed by atoms with E-state index in [1.807, 2.05) is 6.92 Å². The van der Waals surface area contributed by atoms with Gasteiger partial charge in [0.2, 0.25) is 5.96 Å². The molecule has 1 atom stereocenters. The first-order chi connectivity index (χ1) is 7.36. The van der Waals surface area contributed by atoms with E-state index >= 15 is 0 Å². The number of nitrogens with two attached hydrogens (primary N) is 1. The topological polar surface area (TPSA) is 71.7 Å². The quantitative estimate of drug-likeness (QED) is 0.274. The number of ether oxygens (including phenoxy) is 1. The summed E-state index contributed by atoms with van der Waals surface area (Å²) in [5, 5.41) is 3.04. The highest BCUT2D eigenvalue weighted by atomic mass is 16.5. The third-order valence-corrected chi connectivity index (χ3v) is 2.48. The van der Waals surface area contributed by atoms with Gasteiger partial charge in [0.25, 0.3) is 0 Å². The number of rotatable bonds is 4. The number of hydrazine groups is 1. The lowest BCUT2D eigenvalue weighted by atomic mass is 10.1. The summed E-state index contributed by atoms with van der Waals surface area (Å²) >= 11 is 0. The van der Waals surface area contributed by atoms with E-state index in [4.69, 9.17) is 10.6 Å². The summed E-state index contributed by atoms with van der Waals surface area (Å²) in [6, 6.07) is 0. The van der Waals surface area contributed by atoms with E-state index in [0.717, 1.165) is 26.1 Å². The molecule has 0 saturated carbocycles. The number of aliphatic imine (C=N–C) groups is 1. The van der Waals surface area contributed by atoms with Crippen molar-refractivity contribution in [2.45, 2.75) is 38.7 Å². The van der Waals surface area contributed by atoms with Gasteiger partial charge < -0.3 is 10.1 Å². The van der Waals surface area contributed by atoms with Crippen molar-refractivity contribution in [2.75, 3.05) is 19.7 Å². The smallest absolute Gasteiger partial charge is 0.205 e. The summed E-state index contributed by atoms with van der Waals surface area (Å²) in [6.45, 7) is 4.50. The van der Waals surface area contributed by atoms with Gasteiger partial charge in [-0.3, -0.25) is 10.4 Å². The van der Waals surface area contributed by atoms with Crippen LogP contribution in [0.2, 0.25) is 0 Å². The Hall–Kier alpha value is -0.810. The summed E-state index contributed by atoms with van der Waals surface area (Å²) in [4.78, 5) is 4.32. The van der Waals surface area contributed by atoms with Gasteiger partial charge >= 0.3 is 0 Å². The van der Waals surface area contributed by atoms with Gasteiger partial charge in [-0.1, -0.05) is 0 Å². The van der Waals surface area contributed by atoms with Gasteiger partial charge in [-0.15, -0.1) is 0 Å². The van der Waals surface area contributed by atoms with E-state index in [-0.39, 0.29) is 0 Å². The zero-order chi connectivity index (χ0) is 10.9. The monoisotopic (exact) mass is 214 g/mol. The maximum atomic E-state index is 5.61. The molecule has 1 fully saturated rings. The van der Waals surface area contributed by atoms with E-state index in [9.17, 15) is 0 Å². The molecule has 88 valence electrons. The van der Waals surface area contributed by atoms with Gasteiger partial charge in [0.1, 0.15) is 0 Å². The van der Waals surface area contributed by atoms with Crippen LogP contribution in [0, 0.1) is 0 Å². The molecule has 0 aromatic heterocycles. The van der Waals surface area contributed by atoms with Crippen LogP contribution in [0.25, 0.3) is 0 Å². The normalized spacial score (nSPS) is 22.5. The standard InChI is InChI=1S/C10H22N4O/c1-2-12-10(14-11)13-7-6-9-5-3-4-8-15-9/h9H,2-8,11H2,1H3,(H2,12,13,14). The second-order valence-electron chi connectivity index (χ2n) is 3.68. The maximum absolute atomic E-state index is 5.61. The fraction of sp³-hybridized carbons (Fsp3) is 0.900. The average molecular weight is 214 g/mol. The Morgan fingerprint density at radius 2 is 2.40 bits per heavy atom. The van der Waals surface area contributed by atoms with Gasteiger partial charge in [-0.05, 0) is 32.6 Å². The van der Waals surface area contributed by atoms with Gasteiger partial charge in [0.15, 0.2) is 0 Å². The molecule has 0 radical (unpaired) electrons. The molecule has 0 amide bonds. The predicted molar refractivity (Wildman–Crippen MR) is 61.5 cm³/mol. The molecule has 0 bridgehead atoms. The molecule has 15 heavy (non-hydrogen) atoms. The number of nitrogens with one attached hydrogen (secondary N) is 2. The van der Waals surface area contributed by atoms with Crippen molar-refractivity contribution in [1.82, 2.24) is 10.7 Å². The Morgan fingerprint density at radius 3 is 3.00 bits per heavy atom. The molecule has 0 aromatic carbocycles. The zero-order valence-corrected chi connectivity index (χ0v) is 9.46. The summed E-state index contributed by atoms with van der Waals surface area (Å²) in [5.41, 5.74) is 2.54. The molecule has 1 aliphatic rings. The fourth-order valence-electron chi connectivity index (χ4n) is 1.68. The van der Waals surface area contributed by atoms with Crippen molar-refractivity contribution in [3.63, 3.8) is 0 Å². The highest BCUT2D eigenvalue weighted by molar-refractivity contribution is 5.78. The Morgan fingerprint density at radius 1 is 1.53 bits per heavy atom. The van der Waals surface area contributed by atoms with Gasteiger partial charge in [0, 0.05) is 19.7 Å². The van der Waals surface area contributed by atoms with Gasteiger partial charge in [0.05, 0.1) is 6.10 Å². The first-order valence-corrected chi connectivity index (χ1v) is 5.73. The van der Waals surface area contributed by atoms with Crippen LogP contribution < -0.4 is 16.6 Å². The van der Waals surface area contributed by atoms with Gasteiger partial charge in [-0.25, -0.2) is 5.84 Å². The number of hydrogen-bond acceptors (Lipinski definition) is 3. The zero-order valence-electron chi connectivity index (χ0n) is 9.46. The van der Waals surface area contributed by atoms with Crippen molar-refractivity contribution in [3.8, 4) is 0 Å². The van der Waals surface area contributed by atoms with E-state index in [1.54, 1.807) is 0 Å². The third kappa shape index (κ3) is 4.99. The van der Waals surface area contributed by atoms with Crippen LogP contribution in [-0.2, 0) is 4.74 Å². The first-order valence-electron chi connectivity index (χ1n) is 5.73. The molecule has 5 nitrogen and oxygen atoms in total. The van der Waals surface area contributed by atoms with Crippen molar-refractivity contribution >= 4 is 5.96 Å². The van der Waals surface area contributed by atoms with Crippen LogP contribution >= 0.6 is 0 Å². The minimum atomic E-state index is 0.392. The average Bonchev–Trinajstić information content (AvgIpc) is 2.29. The van der Waals surface area contributed by atoms with Crippen LogP contribution in [0.5, 0.6) is 0 Å². The second kappa shape index (κ2) is 7.48. The highest BCUT2D eigenvalue weighted by Crippen LogP contribution is 2.15. The van der Waals surface area contributed by atoms with Gasteiger partial charge in [-0.2, -0.15) is 0 Å². The molecule has 1 heterocycles. The molecule has 5 heteroatoms. The largest absolute Gasteiger partial charge is 0.378 e. The van der Waals surface area contributed by atoms with Crippen molar-refractivity contribution in [3.05, 3.63) is 0 Å². The number of guanidine groups is 1. The van der Waals surface area contributed by atoms with E-state index in [2.05, 4.69) is 15.7 Å². The molecule has 0 spiro atoms. The highest BCUT2D eigenvalue weighted by Gasteiger charge is 2.12. The number of nitrogens with zero attached hydrogens (tertiary/aromatic N) is 1. The minimum absolute atomic E-state index is 0.392. The van der Waals surface area contributed by atoms with E-state index < -0.39 is 0 Å². The summed E-state index contributed by atoms with van der Waals surface area (Å²) in [5.74, 6) is 5.96. The molecule has 1 saturated heterocycles. The summed E-state index contributed by atoms with van der Waals surface area (Å²) in [6.07, 6.45) is 5.03. The molecule has 0 aliphatic carbocycles. The maximum Gasteiger partial charge on any atom is 0.205 e.